The average Bonchev–Trinajstić information content (AvgIpc) is 2.53. The van der Waals surface area contributed by atoms with Gasteiger partial charge in [0.1, 0.15) is 11.4 Å². The number of hydrogen-bond acceptors (Lipinski definition) is 3. The zero-order valence-electron chi connectivity index (χ0n) is 10.0. The van der Waals surface area contributed by atoms with Gasteiger partial charge in [0.15, 0.2) is 0 Å². The van der Waals surface area contributed by atoms with E-state index in [0.29, 0.717) is 6.54 Å². The molecular formula is C13H20N2O. The number of para-hydroxylation sites is 1. The molecule has 1 aliphatic rings. The Labute approximate surface area is 97.0 Å². The average molecular weight is 220 g/mol. The fourth-order valence-corrected chi connectivity index (χ4v) is 2.14. The third-order valence-electron chi connectivity index (χ3n) is 2.81. The van der Waals surface area contributed by atoms with Crippen molar-refractivity contribution in [3.8, 4) is 5.75 Å². The molecule has 0 saturated carbocycles. The third kappa shape index (κ3) is 2.36. The Morgan fingerprint density at radius 2 is 2.25 bits per heavy atom. The van der Waals surface area contributed by atoms with Crippen molar-refractivity contribution in [2.45, 2.75) is 32.4 Å². The van der Waals surface area contributed by atoms with Crippen LogP contribution in [-0.4, -0.2) is 18.7 Å². The van der Waals surface area contributed by atoms with Gasteiger partial charge in [-0.15, -0.1) is 0 Å². The largest absolute Gasteiger partial charge is 0.487 e. The van der Waals surface area contributed by atoms with Gasteiger partial charge < -0.3 is 15.8 Å². The quantitative estimate of drug-likeness (QED) is 0.755. The fourth-order valence-electron chi connectivity index (χ4n) is 2.14. The maximum Gasteiger partial charge on any atom is 0.127 e. The second-order valence-electron chi connectivity index (χ2n) is 4.91. The first-order chi connectivity index (χ1) is 7.62. The summed E-state index contributed by atoms with van der Waals surface area (Å²) in [6.07, 6.45) is 0.993. The molecule has 88 valence electrons. The van der Waals surface area contributed by atoms with Crippen LogP contribution in [0.25, 0.3) is 0 Å². The van der Waals surface area contributed by atoms with E-state index in [4.69, 9.17) is 10.5 Å². The molecule has 0 saturated heterocycles. The number of benzene rings is 1. The van der Waals surface area contributed by atoms with Crippen molar-refractivity contribution in [3.05, 3.63) is 29.3 Å². The van der Waals surface area contributed by atoms with Crippen LogP contribution in [0, 0.1) is 0 Å². The highest BCUT2D eigenvalue weighted by Gasteiger charge is 2.31. The molecule has 1 aliphatic heterocycles. The molecule has 3 nitrogen and oxygen atoms in total. The summed E-state index contributed by atoms with van der Waals surface area (Å²) in [5, 5.41) is 3.30. The van der Waals surface area contributed by atoms with Gasteiger partial charge in [0.05, 0.1) is 0 Å². The Morgan fingerprint density at radius 1 is 1.44 bits per heavy atom. The number of hydrogen-bond donors (Lipinski definition) is 2. The summed E-state index contributed by atoms with van der Waals surface area (Å²) < 4.78 is 5.98. The van der Waals surface area contributed by atoms with Gasteiger partial charge in [0, 0.05) is 31.6 Å². The van der Waals surface area contributed by atoms with Crippen molar-refractivity contribution >= 4 is 0 Å². The molecule has 2 rings (SSSR count). The lowest BCUT2D eigenvalue weighted by atomic mass is 10.0. The Kier molecular flexibility index (Phi) is 3.17. The minimum atomic E-state index is -0.0632. The summed E-state index contributed by atoms with van der Waals surface area (Å²) in [4.78, 5) is 0. The van der Waals surface area contributed by atoms with Crippen LogP contribution in [0.15, 0.2) is 18.2 Å². The predicted molar refractivity (Wildman–Crippen MR) is 65.6 cm³/mol. The topological polar surface area (TPSA) is 47.3 Å². The number of ether oxygens (including phenoxy) is 1. The molecule has 0 unspecified atom stereocenters. The minimum absolute atomic E-state index is 0.0632. The van der Waals surface area contributed by atoms with E-state index in [1.807, 2.05) is 0 Å². The van der Waals surface area contributed by atoms with E-state index in [-0.39, 0.29) is 5.60 Å². The van der Waals surface area contributed by atoms with E-state index in [9.17, 15) is 0 Å². The predicted octanol–water partition coefficient (Wildman–Crippen LogP) is 1.45. The van der Waals surface area contributed by atoms with Gasteiger partial charge in [-0.05, 0) is 19.4 Å². The lowest BCUT2D eigenvalue weighted by Crippen LogP contribution is -2.25. The van der Waals surface area contributed by atoms with Crippen LogP contribution < -0.4 is 15.8 Å². The Balaban J connectivity index is 2.14. The Morgan fingerprint density at radius 3 is 3.00 bits per heavy atom. The number of nitrogens with one attached hydrogen (secondary N) is 1. The minimum Gasteiger partial charge on any atom is -0.487 e. The molecule has 0 amide bonds. The van der Waals surface area contributed by atoms with Crippen LogP contribution in [0.1, 0.15) is 25.0 Å². The molecule has 16 heavy (non-hydrogen) atoms. The van der Waals surface area contributed by atoms with Crippen molar-refractivity contribution in [1.29, 1.82) is 0 Å². The molecule has 0 radical (unpaired) electrons. The van der Waals surface area contributed by atoms with Crippen molar-refractivity contribution in [3.63, 3.8) is 0 Å². The summed E-state index contributed by atoms with van der Waals surface area (Å²) >= 11 is 0. The zero-order chi connectivity index (χ0) is 11.6. The molecule has 0 spiro atoms. The van der Waals surface area contributed by atoms with Gasteiger partial charge in [-0.1, -0.05) is 18.2 Å². The van der Waals surface area contributed by atoms with Crippen LogP contribution in [0.2, 0.25) is 0 Å². The molecule has 3 heteroatoms. The van der Waals surface area contributed by atoms with E-state index in [1.165, 1.54) is 11.1 Å². The number of nitrogens with two attached hydrogens (primary N) is 1. The van der Waals surface area contributed by atoms with E-state index < -0.39 is 0 Å². The van der Waals surface area contributed by atoms with E-state index >= 15 is 0 Å². The monoisotopic (exact) mass is 220 g/mol. The first-order valence-electron chi connectivity index (χ1n) is 5.83. The van der Waals surface area contributed by atoms with Gasteiger partial charge in [0.2, 0.25) is 0 Å². The highest BCUT2D eigenvalue weighted by Crippen LogP contribution is 2.37. The summed E-state index contributed by atoms with van der Waals surface area (Å²) in [7, 11) is 0. The Bertz CT molecular complexity index is 374. The maximum atomic E-state index is 5.98. The van der Waals surface area contributed by atoms with E-state index in [0.717, 1.165) is 25.3 Å². The van der Waals surface area contributed by atoms with Crippen LogP contribution in [-0.2, 0) is 13.0 Å². The molecule has 3 N–H and O–H groups in total. The zero-order valence-corrected chi connectivity index (χ0v) is 10.0. The van der Waals surface area contributed by atoms with Crippen LogP contribution in [0.4, 0.5) is 0 Å². The Hall–Kier alpha value is -1.06. The number of rotatable bonds is 4. The van der Waals surface area contributed by atoms with Gasteiger partial charge in [-0.25, -0.2) is 0 Å². The van der Waals surface area contributed by atoms with Gasteiger partial charge in [-0.2, -0.15) is 0 Å². The lowest BCUT2D eigenvalue weighted by molar-refractivity contribution is 0.137. The molecule has 0 bridgehead atoms. The van der Waals surface area contributed by atoms with E-state index in [2.05, 4.69) is 37.4 Å². The summed E-state index contributed by atoms with van der Waals surface area (Å²) in [5.41, 5.74) is 7.94. The molecule has 0 atom stereocenters. The van der Waals surface area contributed by atoms with E-state index in [1.54, 1.807) is 0 Å². The second kappa shape index (κ2) is 4.44. The molecule has 1 aromatic carbocycles. The van der Waals surface area contributed by atoms with Crippen LogP contribution in [0.5, 0.6) is 5.75 Å². The van der Waals surface area contributed by atoms with Gasteiger partial charge in [0.25, 0.3) is 0 Å². The molecular weight excluding hydrogens is 200 g/mol. The number of fused-ring (bicyclic) bond motifs is 1. The summed E-state index contributed by atoms with van der Waals surface area (Å²) in [6, 6.07) is 6.36. The second-order valence-corrected chi connectivity index (χ2v) is 4.91. The normalized spacial score (nSPS) is 16.9. The third-order valence-corrected chi connectivity index (χ3v) is 2.81. The first kappa shape index (κ1) is 11.4. The summed E-state index contributed by atoms with van der Waals surface area (Å²) in [5.74, 6) is 1.07. The van der Waals surface area contributed by atoms with Crippen molar-refractivity contribution in [2.24, 2.45) is 5.73 Å². The van der Waals surface area contributed by atoms with Gasteiger partial charge in [-0.3, -0.25) is 0 Å². The lowest BCUT2D eigenvalue weighted by Gasteiger charge is -2.18. The highest BCUT2D eigenvalue weighted by molar-refractivity contribution is 5.45. The fraction of sp³-hybridized carbons (Fsp3) is 0.538. The molecule has 0 aliphatic carbocycles. The first-order valence-corrected chi connectivity index (χ1v) is 5.83. The maximum absolute atomic E-state index is 5.98. The molecule has 0 aromatic heterocycles. The van der Waals surface area contributed by atoms with Gasteiger partial charge >= 0.3 is 0 Å². The van der Waals surface area contributed by atoms with Crippen molar-refractivity contribution in [1.82, 2.24) is 5.32 Å². The smallest absolute Gasteiger partial charge is 0.127 e. The SMILES string of the molecule is CC1(C)Cc2cccc(CNCCN)c2O1. The standard InChI is InChI=1S/C13H20N2O/c1-13(2)8-10-4-3-5-11(12(10)16-13)9-15-7-6-14/h3-5,15H,6-9,14H2,1-2H3. The summed E-state index contributed by atoms with van der Waals surface area (Å²) in [6.45, 7) is 6.60. The molecule has 1 heterocycles. The van der Waals surface area contributed by atoms with Crippen molar-refractivity contribution < 1.29 is 4.74 Å². The molecule has 0 fully saturated rings. The van der Waals surface area contributed by atoms with Crippen molar-refractivity contribution in [2.75, 3.05) is 13.1 Å². The van der Waals surface area contributed by atoms with Crippen LogP contribution in [0.3, 0.4) is 0 Å². The van der Waals surface area contributed by atoms with Crippen LogP contribution >= 0.6 is 0 Å². The molecule has 1 aromatic rings. The highest BCUT2D eigenvalue weighted by atomic mass is 16.5.